The van der Waals surface area contributed by atoms with Crippen LogP contribution in [0.4, 0.5) is 5.69 Å². The fourth-order valence-corrected chi connectivity index (χ4v) is 9.18. The normalized spacial score (nSPS) is 24.0. The van der Waals surface area contributed by atoms with Crippen LogP contribution in [0.15, 0.2) is 102 Å². The standard InChI is InChI=1S/C36H29BrCl2N2O3S/c1-44-28-14-4-23(5-15-28)19-40-30-16-9-25(37)18-29(30)36(35(40)43)34(32(42)17-6-22-2-10-26(38)11-3-22)33(31-20-45-21-41(31)36)24-7-12-27(39)13-8-24/h2-18,31,33-34H,19-21H2,1H3/b17-6+/t31-,33-,34+,36?/m0/s1. The van der Waals surface area contributed by atoms with Gasteiger partial charge >= 0.3 is 0 Å². The Morgan fingerprint density at radius 1 is 1.00 bits per heavy atom. The summed E-state index contributed by atoms with van der Waals surface area (Å²) in [4.78, 5) is 34.1. The second kappa shape index (κ2) is 12.3. The SMILES string of the molecule is COc1ccc(CN2C(=O)C3(c4cc(Br)ccc42)[C@H](C(=O)/C=C/c2ccc(Cl)cc2)[C@@H](c2ccc(Cl)cc2)[C@@H]2CSCN23)cc1. The summed E-state index contributed by atoms with van der Waals surface area (Å²) in [5, 5.41) is 1.26. The molecule has 2 saturated heterocycles. The molecule has 0 saturated carbocycles. The van der Waals surface area contributed by atoms with Gasteiger partial charge in [-0.05, 0) is 77.4 Å². The first-order chi connectivity index (χ1) is 21.8. The Labute approximate surface area is 285 Å². The predicted molar refractivity (Wildman–Crippen MR) is 186 cm³/mol. The van der Waals surface area contributed by atoms with Crippen molar-refractivity contribution in [1.82, 2.24) is 4.90 Å². The number of ketones is 1. The highest BCUT2D eigenvalue weighted by molar-refractivity contribution is 9.10. The third kappa shape index (κ3) is 5.23. The van der Waals surface area contributed by atoms with Crippen molar-refractivity contribution in [2.45, 2.75) is 24.0 Å². The molecule has 1 spiro atoms. The van der Waals surface area contributed by atoms with Crippen LogP contribution in [-0.2, 0) is 21.7 Å². The van der Waals surface area contributed by atoms with Gasteiger partial charge in [-0.2, -0.15) is 0 Å². The zero-order valence-corrected chi connectivity index (χ0v) is 28.2. The summed E-state index contributed by atoms with van der Waals surface area (Å²) in [6.07, 6.45) is 3.46. The number of amides is 1. The van der Waals surface area contributed by atoms with Crippen molar-refractivity contribution >= 4 is 74.3 Å². The van der Waals surface area contributed by atoms with Crippen molar-refractivity contribution in [1.29, 1.82) is 0 Å². The minimum absolute atomic E-state index is 0.0224. The summed E-state index contributed by atoms with van der Waals surface area (Å²) in [6, 6.07) is 28.9. The topological polar surface area (TPSA) is 49.9 Å². The van der Waals surface area contributed by atoms with Gasteiger partial charge in [0.15, 0.2) is 5.78 Å². The number of carbonyl (C=O) groups excluding carboxylic acids is 2. The van der Waals surface area contributed by atoms with E-state index in [1.54, 1.807) is 37.1 Å². The molecule has 0 bridgehead atoms. The lowest BCUT2D eigenvalue weighted by atomic mass is 9.70. The maximum atomic E-state index is 15.2. The van der Waals surface area contributed by atoms with Crippen LogP contribution in [0.2, 0.25) is 10.0 Å². The van der Waals surface area contributed by atoms with E-state index in [-0.39, 0.29) is 23.7 Å². The van der Waals surface area contributed by atoms with Crippen molar-refractivity contribution < 1.29 is 14.3 Å². The summed E-state index contributed by atoms with van der Waals surface area (Å²) in [7, 11) is 1.64. The summed E-state index contributed by atoms with van der Waals surface area (Å²) < 4.78 is 6.22. The highest BCUT2D eigenvalue weighted by atomic mass is 79.9. The van der Waals surface area contributed by atoms with E-state index in [2.05, 4.69) is 20.8 Å². The molecule has 0 radical (unpaired) electrons. The van der Waals surface area contributed by atoms with Crippen LogP contribution in [-0.4, -0.2) is 41.4 Å². The number of halogens is 3. The molecule has 9 heteroatoms. The van der Waals surface area contributed by atoms with Crippen LogP contribution in [0.3, 0.4) is 0 Å². The maximum Gasteiger partial charge on any atom is 0.253 e. The van der Waals surface area contributed by atoms with Crippen LogP contribution in [0.25, 0.3) is 6.08 Å². The molecular weight excluding hydrogens is 691 g/mol. The van der Waals surface area contributed by atoms with Gasteiger partial charge in [-0.25, -0.2) is 0 Å². The van der Waals surface area contributed by atoms with E-state index < -0.39 is 11.5 Å². The number of methoxy groups -OCH3 is 1. The number of benzene rings is 4. The van der Waals surface area contributed by atoms with Crippen molar-refractivity contribution in [2.24, 2.45) is 5.92 Å². The van der Waals surface area contributed by atoms with Gasteiger partial charge in [0.05, 0.1) is 19.6 Å². The predicted octanol–water partition coefficient (Wildman–Crippen LogP) is 8.58. The minimum Gasteiger partial charge on any atom is -0.497 e. The lowest BCUT2D eigenvalue weighted by Gasteiger charge is -2.37. The first-order valence-electron chi connectivity index (χ1n) is 14.6. The number of carbonyl (C=O) groups is 2. The number of thioether (sulfide) groups is 1. The van der Waals surface area contributed by atoms with Crippen LogP contribution in [0.5, 0.6) is 5.75 Å². The largest absolute Gasteiger partial charge is 0.497 e. The molecule has 7 rings (SSSR count). The van der Waals surface area contributed by atoms with E-state index in [4.69, 9.17) is 27.9 Å². The molecule has 4 atom stereocenters. The molecule has 5 nitrogen and oxygen atoms in total. The molecule has 3 heterocycles. The van der Waals surface area contributed by atoms with Crippen LogP contribution in [0.1, 0.15) is 28.2 Å². The first-order valence-corrected chi connectivity index (χ1v) is 17.3. The third-order valence-electron chi connectivity index (χ3n) is 9.20. The van der Waals surface area contributed by atoms with E-state index in [1.807, 2.05) is 89.8 Å². The third-order valence-corrected chi connectivity index (χ3v) is 11.2. The summed E-state index contributed by atoms with van der Waals surface area (Å²) in [5.74, 6) is 1.15. The summed E-state index contributed by atoms with van der Waals surface area (Å²) >= 11 is 17.9. The molecule has 45 heavy (non-hydrogen) atoms. The average Bonchev–Trinajstić information content (AvgIpc) is 3.70. The molecular formula is C36H29BrCl2N2O3S. The lowest BCUT2D eigenvalue weighted by molar-refractivity contribution is -0.136. The smallest absolute Gasteiger partial charge is 0.253 e. The number of fused-ring (bicyclic) bond motifs is 4. The Kier molecular flexibility index (Phi) is 8.34. The highest BCUT2D eigenvalue weighted by Gasteiger charge is 2.70. The van der Waals surface area contributed by atoms with Gasteiger partial charge in [-0.1, -0.05) is 81.6 Å². The Hall–Kier alpha value is -3.07. The highest BCUT2D eigenvalue weighted by Crippen LogP contribution is 2.62. The molecule has 3 aliphatic heterocycles. The Morgan fingerprint density at radius 2 is 1.69 bits per heavy atom. The van der Waals surface area contributed by atoms with Crippen molar-refractivity contribution in [3.8, 4) is 5.75 Å². The fourth-order valence-electron chi connectivity index (χ4n) is 7.25. The molecule has 1 unspecified atom stereocenters. The van der Waals surface area contributed by atoms with E-state index in [0.717, 1.165) is 43.9 Å². The molecule has 4 aromatic carbocycles. The zero-order chi connectivity index (χ0) is 31.3. The monoisotopic (exact) mass is 718 g/mol. The molecule has 1 amide bonds. The molecule has 3 aliphatic rings. The number of rotatable bonds is 7. The van der Waals surface area contributed by atoms with Crippen LogP contribution in [0, 0.1) is 5.92 Å². The van der Waals surface area contributed by atoms with Gasteiger partial charge in [0.2, 0.25) is 0 Å². The van der Waals surface area contributed by atoms with E-state index >= 15 is 4.79 Å². The van der Waals surface area contributed by atoms with Crippen molar-refractivity contribution in [3.63, 3.8) is 0 Å². The number of anilines is 1. The van der Waals surface area contributed by atoms with Crippen LogP contribution < -0.4 is 9.64 Å². The molecule has 0 N–H and O–H groups in total. The van der Waals surface area contributed by atoms with E-state index in [9.17, 15) is 4.79 Å². The number of hydrogen-bond donors (Lipinski definition) is 0. The van der Waals surface area contributed by atoms with E-state index in [1.165, 1.54) is 0 Å². The minimum atomic E-state index is -1.19. The number of hydrogen-bond acceptors (Lipinski definition) is 5. The van der Waals surface area contributed by atoms with Crippen molar-refractivity contribution in [2.75, 3.05) is 23.6 Å². The molecule has 228 valence electrons. The van der Waals surface area contributed by atoms with Gasteiger partial charge in [-0.15, -0.1) is 11.8 Å². The Balaban J connectivity index is 1.40. The lowest BCUT2D eigenvalue weighted by Crippen LogP contribution is -2.54. The fraction of sp³-hybridized carbons (Fsp3) is 0.222. The second-order valence-electron chi connectivity index (χ2n) is 11.5. The zero-order valence-electron chi connectivity index (χ0n) is 24.3. The molecule has 0 aromatic heterocycles. The number of nitrogens with zero attached hydrogens (tertiary/aromatic N) is 2. The van der Waals surface area contributed by atoms with Gasteiger partial charge in [0, 0.05) is 49.4 Å². The quantitative estimate of drug-likeness (QED) is 0.179. The Bertz CT molecular complexity index is 1800. The summed E-state index contributed by atoms with van der Waals surface area (Å²) in [5.41, 5.74) is 3.33. The van der Waals surface area contributed by atoms with Crippen molar-refractivity contribution in [3.05, 3.63) is 134 Å². The van der Waals surface area contributed by atoms with Gasteiger partial charge in [0.25, 0.3) is 5.91 Å². The van der Waals surface area contributed by atoms with Crippen LogP contribution >= 0.6 is 50.9 Å². The number of ether oxygens (including phenoxy) is 1. The first kappa shape index (κ1) is 30.6. The van der Waals surface area contributed by atoms with Gasteiger partial charge < -0.3 is 9.64 Å². The molecule has 0 aliphatic carbocycles. The second-order valence-corrected chi connectivity index (χ2v) is 14.3. The summed E-state index contributed by atoms with van der Waals surface area (Å²) in [6.45, 7) is 0.373. The molecule has 2 fully saturated rings. The maximum absolute atomic E-state index is 15.2. The Morgan fingerprint density at radius 3 is 2.38 bits per heavy atom. The van der Waals surface area contributed by atoms with E-state index in [0.29, 0.717) is 22.5 Å². The average molecular weight is 721 g/mol. The number of allylic oxidation sites excluding steroid dienone is 1. The van der Waals surface area contributed by atoms with Gasteiger partial charge in [-0.3, -0.25) is 14.5 Å². The molecule has 4 aromatic rings. The van der Waals surface area contributed by atoms with Gasteiger partial charge in [0.1, 0.15) is 11.3 Å².